The molecule has 0 spiro atoms. The molecule has 1 aliphatic heterocycles. The van der Waals surface area contributed by atoms with Crippen LogP contribution in [0.15, 0.2) is 59.9 Å². The maximum Gasteiger partial charge on any atom is 0.257 e. The minimum Gasteiger partial charge on any atom is -0.376 e. The lowest BCUT2D eigenvalue weighted by atomic mass is 10.2. The summed E-state index contributed by atoms with van der Waals surface area (Å²) in [6.45, 7) is 2.87. The molecule has 35 heavy (non-hydrogen) atoms. The number of halogens is 2. The van der Waals surface area contributed by atoms with Gasteiger partial charge in [0.15, 0.2) is 0 Å². The fourth-order valence-corrected chi connectivity index (χ4v) is 5.68. The summed E-state index contributed by atoms with van der Waals surface area (Å²) in [7, 11) is -4.02. The second-order valence-corrected chi connectivity index (χ2v) is 10.3. The number of nitrogens with zero attached hydrogens (tertiary/aromatic N) is 3. The fraction of sp³-hybridized carbons (Fsp3) is 0.360. The Morgan fingerprint density at radius 1 is 1.14 bits per heavy atom. The predicted molar refractivity (Wildman–Crippen MR) is 125 cm³/mol. The number of hydrogen-bond donors (Lipinski definition) is 0. The van der Waals surface area contributed by atoms with Crippen molar-refractivity contribution in [3.63, 3.8) is 0 Å². The Hall–Kier alpha value is -3.11. The molecular weight excluding hydrogens is 476 g/mol. The summed E-state index contributed by atoms with van der Waals surface area (Å²) in [4.78, 5) is 18.6. The lowest BCUT2D eigenvalue weighted by Crippen LogP contribution is -2.32. The van der Waals surface area contributed by atoms with Crippen LogP contribution >= 0.6 is 0 Å². The first-order valence-electron chi connectivity index (χ1n) is 11.5. The molecule has 7 nitrogen and oxygen atoms in total. The molecule has 1 amide bonds. The number of carbonyl (C=O) groups excluding carboxylic acids is 1. The number of ether oxygens (including phenoxy) is 1. The average Bonchev–Trinajstić information content (AvgIpc) is 3.49. The number of aromatic nitrogens is 2. The van der Waals surface area contributed by atoms with Crippen LogP contribution in [0.5, 0.6) is 0 Å². The molecule has 0 saturated carbocycles. The SMILES string of the molecule is CCN(Cc1cnc(S(=O)(=O)Cc2ccccc2F)n1C[C@@H]1CCCO1)C(=O)c1ccccc1F. The first kappa shape index (κ1) is 25.0. The number of hydrogen-bond acceptors (Lipinski definition) is 5. The molecule has 3 aromatic rings. The van der Waals surface area contributed by atoms with Crippen molar-refractivity contribution in [2.24, 2.45) is 0 Å². The summed E-state index contributed by atoms with van der Waals surface area (Å²) >= 11 is 0. The summed E-state index contributed by atoms with van der Waals surface area (Å²) in [5.41, 5.74) is 0.455. The molecule has 186 valence electrons. The molecule has 1 atom stereocenters. The first-order valence-corrected chi connectivity index (χ1v) is 13.1. The van der Waals surface area contributed by atoms with E-state index in [0.717, 1.165) is 12.8 Å². The number of imidazole rings is 1. The van der Waals surface area contributed by atoms with E-state index in [4.69, 9.17) is 4.74 Å². The van der Waals surface area contributed by atoms with Crippen molar-refractivity contribution in [1.82, 2.24) is 14.5 Å². The van der Waals surface area contributed by atoms with Gasteiger partial charge in [-0.3, -0.25) is 4.79 Å². The van der Waals surface area contributed by atoms with Gasteiger partial charge in [-0.2, -0.15) is 0 Å². The second-order valence-electron chi connectivity index (χ2n) is 8.43. The van der Waals surface area contributed by atoms with Crippen LogP contribution in [0.25, 0.3) is 0 Å². The Bertz CT molecular complexity index is 1300. The van der Waals surface area contributed by atoms with Crippen molar-refractivity contribution >= 4 is 15.7 Å². The first-order chi connectivity index (χ1) is 16.8. The summed E-state index contributed by atoms with van der Waals surface area (Å²) < 4.78 is 62.3. The van der Waals surface area contributed by atoms with Gasteiger partial charge in [0.25, 0.3) is 5.91 Å². The predicted octanol–water partition coefficient (Wildman–Crippen LogP) is 3.98. The molecule has 1 fully saturated rings. The molecule has 1 aromatic heterocycles. The minimum absolute atomic E-state index is 0.0264. The molecule has 0 N–H and O–H groups in total. The van der Waals surface area contributed by atoms with E-state index >= 15 is 0 Å². The lowest BCUT2D eigenvalue weighted by molar-refractivity contribution is 0.0736. The largest absolute Gasteiger partial charge is 0.376 e. The molecular formula is C25H27F2N3O4S. The standard InChI is InChI=1S/C25H27F2N3O4S/c1-2-29(24(31)21-10-4-6-12-23(21)27)15-19-14-28-25(30(19)16-20-9-7-13-34-20)35(32,33)17-18-8-3-5-11-22(18)26/h3-6,8,10-12,14,20H,2,7,9,13,15-17H2,1H3/t20-/m0/s1. The molecule has 2 heterocycles. The highest BCUT2D eigenvalue weighted by molar-refractivity contribution is 7.90. The normalized spacial score (nSPS) is 15.9. The van der Waals surface area contributed by atoms with Crippen molar-refractivity contribution in [2.45, 2.75) is 49.9 Å². The van der Waals surface area contributed by atoms with Crippen LogP contribution < -0.4 is 0 Å². The Morgan fingerprint density at radius 3 is 2.51 bits per heavy atom. The van der Waals surface area contributed by atoms with Gasteiger partial charge in [-0.15, -0.1) is 0 Å². The topological polar surface area (TPSA) is 81.5 Å². The van der Waals surface area contributed by atoms with Crippen LogP contribution in [0.3, 0.4) is 0 Å². The van der Waals surface area contributed by atoms with E-state index in [1.807, 2.05) is 0 Å². The molecule has 0 aliphatic carbocycles. The molecule has 0 radical (unpaired) electrons. The summed E-state index contributed by atoms with van der Waals surface area (Å²) in [5.74, 6) is -2.29. The van der Waals surface area contributed by atoms with E-state index in [1.54, 1.807) is 19.1 Å². The summed E-state index contributed by atoms with van der Waals surface area (Å²) in [6, 6.07) is 11.4. The maximum atomic E-state index is 14.2. The van der Waals surface area contributed by atoms with Crippen molar-refractivity contribution in [3.05, 3.63) is 83.2 Å². The quantitative estimate of drug-likeness (QED) is 0.441. The van der Waals surface area contributed by atoms with Crippen LogP contribution in [-0.4, -0.2) is 48.0 Å². The second kappa shape index (κ2) is 10.7. The van der Waals surface area contributed by atoms with Crippen molar-refractivity contribution in [2.75, 3.05) is 13.2 Å². The summed E-state index contributed by atoms with van der Waals surface area (Å²) in [5, 5.41) is -0.208. The zero-order valence-corrected chi connectivity index (χ0v) is 20.2. The fourth-order valence-electron chi connectivity index (χ4n) is 4.17. The van der Waals surface area contributed by atoms with E-state index in [2.05, 4.69) is 4.98 Å². The van der Waals surface area contributed by atoms with Gasteiger partial charge in [-0.05, 0) is 38.0 Å². The van der Waals surface area contributed by atoms with Gasteiger partial charge >= 0.3 is 0 Å². The van der Waals surface area contributed by atoms with Crippen LogP contribution in [0.1, 0.15) is 41.4 Å². The van der Waals surface area contributed by atoms with Crippen molar-refractivity contribution in [3.8, 4) is 0 Å². The highest BCUT2D eigenvalue weighted by Crippen LogP contribution is 2.24. The van der Waals surface area contributed by atoms with Gasteiger partial charge in [-0.1, -0.05) is 30.3 Å². The number of carbonyl (C=O) groups is 1. The molecule has 4 rings (SSSR count). The van der Waals surface area contributed by atoms with Crippen molar-refractivity contribution < 1.29 is 26.7 Å². The number of rotatable bonds is 9. The van der Waals surface area contributed by atoms with Crippen molar-refractivity contribution in [1.29, 1.82) is 0 Å². The Morgan fingerprint density at radius 2 is 1.86 bits per heavy atom. The van der Waals surface area contributed by atoms with E-state index in [0.29, 0.717) is 12.3 Å². The Labute approximate surface area is 203 Å². The molecule has 10 heteroatoms. The van der Waals surface area contributed by atoms with Crippen LogP contribution in [0, 0.1) is 11.6 Å². The average molecular weight is 504 g/mol. The number of amides is 1. The molecule has 0 unspecified atom stereocenters. The molecule has 1 saturated heterocycles. The zero-order chi connectivity index (χ0) is 25.0. The molecule has 1 aliphatic rings. The molecule has 2 aromatic carbocycles. The van der Waals surface area contributed by atoms with E-state index in [9.17, 15) is 22.0 Å². The molecule has 0 bridgehead atoms. The minimum atomic E-state index is -4.02. The van der Waals surface area contributed by atoms with Gasteiger partial charge in [0, 0.05) is 18.7 Å². The third kappa shape index (κ3) is 5.59. The monoisotopic (exact) mass is 503 g/mol. The van der Waals surface area contributed by atoms with Gasteiger partial charge in [0.05, 0.1) is 42.4 Å². The lowest BCUT2D eigenvalue weighted by Gasteiger charge is -2.23. The summed E-state index contributed by atoms with van der Waals surface area (Å²) in [6.07, 6.45) is 2.82. The number of benzene rings is 2. The Balaban J connectivity index is 1.67. The third-order valence-electron chi connectivity index (χ3n) is 6.02. The van der Waals surface area contributed by atoms with Gasteiger partial charge < -0.3 is 14.2 Å². The zero-order valence-electron chi connectivity index (χ0n) is 19.4. The van der Waals surface area contributed by atoms with E-state index < -0.39 is 33.1 Å². The van der Waals surface area contributed by atoms with E-state index in [1.165, 1.54) is 52.1 Å². The highest BCUT2D eigenvalue weighted by atomic mass is 32.2. The highest BCUT2D eigenvalue weighted by Gasteiger charge is 2.29. The number of sulfone groups is 1. The third-order valence-corrected chi connectivity index (χ3v) is 7.59. The van der Waals surface area contributed by atoms with Gasteiger partial charge in [-0.25, -0.2) is 22.2 Å². The van der Waals surface area contributed by atoms with Crippen LogP contribution in [0.2, 0.25) is 0 Å². The van der Waals surface area contributed by atoms with Gasteiger partial charge in [0.2, 0.25) is 15.0 Å². The maximum absolute atomic E-state index is 14.2. The smallest absolute Gasteiger partial charge is 0.257 e. The van der Waals surface area contributed by atoms with Crippen LogP contribution in [0.4, 0.5) is 8.78 Å². The Kier molecular flexibility index (Phi) is 7.61. The van der Waals surface area contributed by atoms with Gasteiger partial charge in [0.1, 0.15) is 11.6 Å². The van der Waals surface area contributed by atoms with Crippen LogP contribution in [-0.2, 0) is 33.4 Å². The van der Waals surface area contributed by atoms with E-state index in [-0.39, 0.29) is 42.0 Å².